The monoisotopic (exact) mass is 420 g/mol. The highest BCUT2D eigenvalue weighted by Crippen LogP contribution is 2.31. The SMILES string of the molecule is CCN(C[C@H]1COc2ccccc2O1)C(=O)COC(=O)c1cc(C)nc2ccccc12. The number of nitrogens with zero attached hydrogens (tertiary/aromatic N) is 2. The molecule has 0 saturated carbocycles. The van der Waals surface area contributed by atoms with Crippen molar-refractivity contribution >= 4 is 22.8 Å². The van der Waals surface area contributed by atoms with Gasteiger partial charge in [-0.25, -0.2) is 4.79 Å². The fourth-order valence-electron chi connectivity index (χ4n) is 3.58. The number of carbonyl (C=O) groups excluding carboxylic acids is 2. The molecule has 0 bridgehead atoms. The van der Waals surface area contributed by atoms with E-state index in [1.54, 1.807) is 11.0 Å². The van der Waals surface area contributed by atoms with Gasteiger partial charge in [0.05, 0.1) is 17.6 Å². The number of para-hydroxylation sites is 3. The number of esters is 1. The average molecular weight is 420 g/mol. The number of pyridine rings is 1. The summed E-state index contributed by atoms with van der Waals surface area (Å²) in [4.78, 5) is 31.4. The molecule has 3 aromatic rings. The maximum absolute atomic E-state index is 12.7. The van der Waals surface area contributed by atoms with Crippen molar-refractivity contribution in [3.63, 3.8) is 0 Å². The van der Waals surface area contributed by atoms with Crippen LogP contribution in [0, 0.1) is 6.92 Å². The molecule has 2 heterocycles. The van der Waals surface area contributed by atoms with Crippen LogP contribution in [-0.4, -0.2) is 54.2 Å². The van der Waals surface area contributed by atoms with E-state index in [1.807, 2.05) is 62.4 Å². The van der Waals surface area contributed by atoms with Crippen molar-refractivity contribution in [3.8, 4) is 11.5 Å². The Labute approximate surface area is 180 Å². The molecule has 1 aliphatic heterocycles. The van der Waals surface area contributed by atoms with Crippen LogP contribution in [0.3, 0.4) is 0 Å². The topological polar surface area (TPSA) is 78.0 Å². The Kier molecular flexibility index (Phi) is 6.02. The molecule has 7 nitrogen and oxygen atoms in total. The number of carbonyl (C=O) groups is 2. The molecule has 0 saturated heterocycles. The van der Waals surface area contributed by atoms with Crippen molar-refractivity contribution in [2.45, 2.75) is 20.0 Å². The highest BCUT2D eigenvalue weighted by molar-refractivity contribution is 6.04. The van der Waals surface area contributed by atoms with Crippen molar-refractivity contribution in [2.75, 3.05) is 26.3 Å². The Hall–Kier alpha value is -3.61. The van der Waals surface area contributed by atoms with Gasteiger partial charge in [-0.2, -0.15) is 0 Å². The molecular formula is C24H24N2O5. The third-order valence-electron chi connectivity index (χ3n) is 5.12. The molecule has 0 unspecified atom stereocenters. The fourth-order valence-corrected chi connectivity index (χ4v) is 3.58. The second kappa shape index (κ2) is 9.04. The van der Waals surface area contributed by atoms with Crippen LogP contribution in [-0.2, 0) is 9.53 Å². The number of ether oxygens (including phenoxy) is 3. The number of aryl methyl sites for hydroxylation is 1. The van der Waals surface area contributed by atoms with Crippen molar-refractivity contribution in [3.05, 3.63) is 65.9 Å². The molecule has 1 amide bonds. The van der Waals surface area contributed by atoms with Gasteiger partial charge in [0.2, 0.25) is 0 Å². The zero-order chi connectivity index (χ0) is 21.8. The van der Waals surface area contributed by atoms with Crippen molar-refractivity contribution in [1.29, 1.82) is 0 Å². The summed E-state index contributed by atoms with van der Waals surface area (Å²) in [7, 11) is 0. The number of rotatable bonds is 6. The number of aromatic nitrogens is 1. The minimum Gasteiger partial charge on any atom is -0.486 e. The number of likely N-dealkylation sites (N-methyl/N-ethyl adjacent to an activating group) is 1. The van der Waals surface area contributed by atoms with Crippen molar-refractivity contribution in [1.82, 2.24) is 9.88 Å². The molecule has 31 heavy (non-hydrogen) atoms. The Morgan fingerprint density at radius 1 is 1.13 bits per heavy atom. The standard InChI is InChI=1S/C24H24N2O5/c1-3-26(13-17-14-29-21-10-6-7-11-22(21)31-17)23(27)15-30-24(28)19-12-16(2)25-20-9-5-4-8-18(19)20/h4-12,17H,3,13-15H2,1-2H3/t17-/m0/s1. The third kappa shape index (κ3) is 4.60. The molecule has 0 fully saturated rings. The highest BCUT2D eigenvalue weighted by Gasteiger charge is 2.25. The first-order valence-corrected chi connectivity index (χ1v) is 10.2. The average Bonchev–Trinajstić information content (AvgIpc) is 2.80. The maximum Gasteiger partial charge on any atom is 0.339 e. The zero-order valence-corrected chi connectivity index (χ0v) is 17.5. The van der Waals surface area contributed by atoms with Gasteiger partial charge in [0.25, 0.3) is 5.91 Å². The van der Waals surface area contributed by atoms with Crippen LogP contribution in [0.25, 0.3) is 10.9 Å². The van der Waals surface area contributed by atoms with E-state index in [-0.39, 0.29) is 18.6 Å². The Balaban J connectivity index is 1.38. The molecule has 1 atom stereocenters. The summed E-state index contributed by atoms with van der Waals surface area (Å²) in [5.74, 6) is 0.529. The number of hydrogen-bond donors (Lipinski definition) is 0. The molecular weight excluding hydrogens is 396 g/mol. The number of fused-ring (bicyclic) bond motifs is 2. The second-order valence-electron chi connectivity index (χ2n) is 7.33. The summed E-state index contributed by atoms with van der Waals surface area (Å²) < 4.78 is 17.0. The van der Waals surface area contributed by atoms with Gasteiger partial charge in [-0.1, -0.05) is 30.3 Å². The van der Waals surface area contributed by atoms with Crippen LogP contribution < -0.4 is 9.47 Å². The van der Waals surface area contributed by atoms with Gasteiger partial charge in [0, 0.05) is 17.6 Å². The van der Waals surface area contributed by atoms with Crippen LogP contribution in [0.4, 0.5) is 0 Å². The minimum atomic E-state index is -0.544. The first-order valence-electron chi connectivity index (χ1n) is 10.2. The lowest BCUT2D eigenvalue weighted by Gasteiger charge is -2.30. The Bertz CT molecular complexity index is 1110. The number of amides is 1. The Morgan fingerprint density at radius 3 is 2.68 bits per heavy atom. The van der Waals surface area contributed by atoms with Crippen molar-refractivity contribution < 1.29 is 23.8 Å². The van der Waals surface area contributed by atoms with Crippen LogP contribution in [0.5, 0.6) is 11.5 Å². The van der Waals surface area contributed by atoms with Gasteiger partial charge in [-0.3, -0.25) is 9.78 Å². The summed E-state index contributed by atoms with van der Waals surface area (Å²) in [5.41, 5.74) is 1.83. The molecule has 0 radical (unpaired) electrons. The van der Waals surface area contributed by atoms with E-state index >= 15 is 0 Å². The fraction of sp³-hybridized carbons (Fsp3) is 0.292. The molecule has 160 valence electrons. The van der Waals surface area contributed by atoms with E-state index in [0.717, 1.165) is 0 Å². The van der Waals surface area contributed by atoms with E-state index < -0.39 is 5.97 Å². The zero-order valence-electron chi connectivity index (χ0n) is 17.5. The molecule has 0 N–H and O–H groups in total. The van der Waals surface area contributed by atoms with E-state index in [9.17, 15) is 9.59 Å². The van der Waals surface area contributed by atoms with Crippen LogP contribution >= 0.6 is 0 Å². The minimum absolute atomic E-state index is 0.284. The van der Waals surface area contributed by atoms with Crippen LogP contribution in [0.15, 0.2) is 54.6 Å². The summed E-state index contributed by atoms with van der Waals surface area (Å²) in [6.07, 6.45) is -0.290. The van der Waals surface area contributed by atoms with Gasteiger partial charge in [0.1, 0.15) is 6.61 Å². The lowest BCUT2D eigenvalue weighted by atomic mass is 10.1. The predicted octanol–water partition coefficient (Wildman–Crippen LogP) is 3.39. The van der Waals surface area contributed by atoms with Gasteiger partial charge >= 0.3 is 5.97 Å². The van der Waals surface area contributed by atoms with Crippen LogP contribution in [0.2, 0.25) is 0 Å². The van der Waals surface area contributed by atoms with E-state index in [2.05, 4.69) is 4.98 Å². The highest BCUT2D eigenvalue weighted by atomic mass is 16.6. The summed E-state index contributed by atoms with van der Waals surface area (Å²) in [5, 5.41) is 0.698. The normalized spacial score (nSPS) is 14.8. The van der Waals surface area contributed by atoms with Crippen LogP contribution in [0.1, 0.15) is 23.0 Å². The number of hydrogen-bond acceptors (Lipinski definition) is 6. The van der Waals surface area contributed by atoms with E-state index in [4.69, 9.17) is 14.2 Å². The van der Waals surface area contributed by atoms with Crippen molar-refractivity contribution in [2.24, 2.45) is 0 Å². The number of benzene rings is 2. The summed E-state index contributed by atoms with van der Waals surface area (Å²) in [6, 6.07) is 16.5. The van der Waals surface area contributed by atoms with E-state index in [0.29, 0.717) is 53.4 Å². The lowest BCUT2D eigenvalue weighted by molar-refractivity contribution is -0.135. The molecule has 1 aromatic heterocycles. The molecule has 7 heteroatoms. The van der Waals surface area contributed by atoms with Gasteiger partial charge < -0.3 is 19.1 Å². The Morgan fingerprint density at radius 2 is 1.87 bits per heavy atom. The molecule has 2 aromatic carbocycles. The molecule has 4 rings (SSSR count). The smallest absolute Gasteiger partial charge is 0.339 e. The quantitative estimate of drug-likeness (QED) is 0.569. The lowest BCUT2D eigenvalue weighted by Crippen LogP contribution is -2.45. The summed E-state index contributed by atoms with van der Waals surface area (Å²) in [6.45, 7) is 4.51. The molecule has 0 aliphatic carbocycles. The largest absolute Gasteiger partial charge is 0.486 e. The van der Waals surface area contributed by atoms with Gasteiger partial charge in [-0.15, -0.1) is 0 Å². The first-order chi connectivity index (χ1) is 15.0. The second-order valence-corrected chi connectivity index (χ2v) is 7.33. The van der Waals surface area contributed by atoms with E-state index in [1.165, 1.54) is 0 Å². The third-order valence-corrected chi connectivity index (χ3v) is 5.12. The molecule has 1 aliphatic rings. The predicted molar refractivity (Wildman–Crippen MR) is 115 cm³/mol. The molecule has 0 spiro atoms. The maximum atomic E-state index is 12.7. The van der Waals surface area contributed by atoms with Gasteiger partial charge in [0.15, 0.2) is 24.2 Å². The first kappa shape index (κ1) is 20.7. The summed E-state index contributed by atoms with van der Waals surface area (Å²) >= 11 is 0. The van der Waals surface area contributed by atoms with Gasteiger partial charge in [-0.05, 0) is 38.1 Å².